The predicted octanol–water partition coefficient (Wildman–Crippen LogP) is 8.97. The van der Waals surface area contributed by atoms with Gasteiger partial charge in [0.05, 0.1) is 28.7 Å². The van der Waals surface area contributed by atoms with Gasteiger partial charge in [-0.3, -0.25) is 4.79 Å². The van der Waals surface area contributed by atoms with Crippen molar-refractivity contribution in [2.24, 2.45) is 5.10 Å². The van der Waals surface area contributed by atoms with Gasteiger partial charge in [0.1, 0.15) is 12.4 Å². The van der Waals surface area contributed by atoms with Gasteiger partial charge in [-0.2, -0.15) is 9.78 Å². The first-order valence-electron chi connectivity index (χ1n) is 11.5. The fourth-order valence-corrected chi connectivity index (χ4v) is 5.43. The Morgan fingerprint density at radius 3 is 2.55 bits per heavy atom. The van der Waals surface area contributed by atoms with E-state index in [1.807, 2.05) is 32.0 Å². The molecular weight excluding hydrogens is 725 g/mol. The highest BCUT2D eigenvalue weighted by Gasteiger charge is 2.19. The third-order valence-corrected chi connectivity index (χ3v) is 9.18. The number of halogens is 5. The first-order chi connectivity index (χ1) is 18.1. The topological polar surface area (TPSA) is 65.7 Å². The van der Waals surface area contributed by atoms with E-state index in [1.54, 1.807) is 37.6 Å². The number of rotatable bonds is 8. The second-order valence-electron chi connectivity index (χ2n) is 8.45. The third-order valence-electron chi connectivity index (χ3n) is 5.96. The van der Waals surface area contributed by atoms with E-state index in [0.29, 0.717) is 52.8 Å². The van der Waals surface area contributed by atoms with Crippen LogP contribution in [0.1, 0.15) is 43.1 Å². The molecule has 1 aromatic heterocycles. The van der Waals surface area contributed by atoms with Crippen molar-refractivity contribution in [2.75, 3.05) is 7.11 Å². The van der Waals surface area contributed by atoms with Gasteiger partial charge in [-0.05, 0) is 74.7 Å². The molecule has 0 amide bonds. The van der Waals surface area contributed by atoms with E-state index in [0.717, 1.165) is 16.5 Å². The Bertz CT molecular complexity index is 1610. The molecule has 38 heavy (non-hydrogen) atoms. The fourth-order valence-electron chi connectivity index (χ4n) is 3.67. The van der Waals surface area contributed by atoms with Crippen LogP contribution < -0.4 is 15.0 Å². The van der Waals surface area contributed by atoms with Crippen LogP contribution in [0.5, 0.6) is 11.5 Å². The summed E-state index contributed by atoms with van der Waals surface area (Å²) in [5, 5.41) is 6.11. The molecule has 0 saturated heterocycles. The summed E-state index contributed by atoms with van der Waals surface area (Å²) in [6.07, 6.45) is 2.40. The molecule has 0 bridgehead atoms. The van der Waals surface area contributed by atoms with Gasteiger partial charge in [-0.15, -0.1) is 0 Å². The number of hydrogen-bond donors (Lipinski definition) is 0. The summed E-state index contributed by atoms with van der Waals surface area (Å²) in [4.78, 5) is 18.2. The van der Waals surface area contributed by atoms with E-state index in [2.05, 4.69) is 52.9 Å². The quantitative estimate of drug-likeness (QED) is 0.169. The molecule has 6 nitrogen and oxygen atoms in total. The lowest BCUT2D eigenvalue weighted by Gasteiger charge is -2.16. The Kier molecular flexibility index (Phi) is 9.58. The average molecular weight is 747 g/mol. The predicted molar refractivity (Wildman–Crippen MR) is 165 cm³/mol. The zero-order chi connectivity index (χ0) is 27.6. The number of benzene rings is 3. The molecule has 0 N–H and O–H groups in total. The second-order valence-corrected chi connectivity index (χ2v) is 11.8. The van der Waals surface area contributed by atoms with Gasteiger partial charge in [0.15, 0.2) is 11.5 Å². The van der Waals surface area contributed by atoms with Gasteiger partial charge in [-0.1, -0.05) is 59.0 Å². The maximum atomic E-state index is 13.4. The number of nitrogens with zero attached hydrogens (tertiary/aromatic N) is 3. The fraction of sp³-hybridized carbons (Fsp3) is 0.222. The summed E-state index contributed by atoms with van der Waals surface area (Å²) in [6.45, 7) is 4.27. The standard InChI is InChI=1S/C27H22Br3Cl2N3O3/c1-4-14(2)26-34-21-8-6-17(28)10-19(21)27(36)35(26)33-12-16-9-22(37-3)25(24(30)23(16)29)38-13-15-5-7-18(31)11-20(15)32/h5-12,14H,4,13H2,1-3H3/t14-/m0/s1. The van der Waals surface area contributed by atoms with Crippen molar-refractivity contribution < 1.29 is 9.47 Å². The molecule has 0 saturated carbocycles. The monoisotopic (exact) mass is 743 g/mol. The van der Waals surface area contributed by atoms with E-state index in [9.17, 15) is 4.79 Å². The molecular formula is C27H22Br3Cl2N3O3. The largest absolute Gasteiger partial charge is 0.493 e. The Morgan fingerprint density at radius 2 is 1.87 bits per heavy atom. The molecule has 0 fully saturated rings. The van der Waals surface area contributed by atoms with Crippen LogP contribution in [0.2, 0.25) is 10.0 Å². The van der Waals surface area contributed by atoms with Gasteiger partial charge < -0.3 is 9.47 Å². The van der Waals surface area contributed by atoms with Crippen molar-refractivity contribution in [1.82, 2.24) is 9.66 Å². The Hall–Kier alpha value is -1.91. The smallest absolute Gasteiger partial charge is 0.282 e. The van der Waals surface area contributed by atoms with Gasteiger partial charge in [0.25, 0.3) is 5.56 Å². The second kappa shape index (κ2) is 12.5. The summed E-state index contributed by atoms with van der Waals surface area (Å²) >= 11 is 23.0. The number of aromatic nitrogens is 2. The third kappa shape index (κ3) is 6.12. The van der Waals surface area contributed by atoms with Crippen LogP contribution in [-0.2, 0) is 6.61 Å². The highest BCUT2D eigenvalue weighted by atomic mass is 79.9. The van der Waals surface area contributed by atoms with Crippen LogP contribution in [0, 0.1) is 0 Å². The van der Waals surface area contributed by atoms with Crippen LogP contribution in [0.4, 0.5) is 0 Å². The summed E-state index contributed by atoms with van der Waals surface area (Å²) in [5.74, 6) is 1.57. The molecule has 0 aliphatic rings. The lowest BCUT2D eigenvalue weighted by molar-refractivity contribution is 0.282. The number of ether oxygens (including phenoxy) is 2. The molecule has 0 aliphatic heterocycles. The van der Waals surface area contributed by atoms with Crippen molar-refractivity contribution in [2.45, 2.75) is 32.8 Å². The van der Waals surface area contributed by atoms with E-state index in [4.69, 9.17) is 37.7 Å². The Morgan fingerprint density at radius 1 is 1.11 bits per heavy atom. The van der Waals surface area contributed by atoms with E-state index in [1.165, 1.54) is 4.68 Å². The van der Waals surface area contributed by atoms with Crippen molar-refractivity contribution in [3.05, 3.63) is 93.2 Å². The number of hydrogen-bond acceptors (Lipinski definition) is 5. The minimum atomic E-state index is -0.246. The van der Waals surface area contributed by atoms with Gasteiger partial charge in [0, 0.05) is 36.0 Å². The molecule has 0 aliphatic carbocycles. The number of fused-ring (bicyclic) bond motifs is 1. The highest BCUT2D eigenvalue weighted by molar-refractivity contribution is 9.13. The lowest BCUT2D eigenvalue weighted by atomic mass is 10.1. The molecule has 11 heteroatoms. The van der Waals surface area contributed by atoms with Gasteiger partial charge in [-0.25, -0.2) is 4.98 Å². The molecule has 4 rings (SSSR count). The number of methoxy groups -OCH3 is 1. The zero-order valence-corrected chi connectivity index (χ0v) is 26.8. The molecule has 0 unspecified atom stereocenters. The van der Waals surface area contributed by atoms with E-state index < -0.39 is 0 Å². The van der Waals surface area contributed by atoms with Gasteiger partial charge >= 0.3 is 0 Å². The first-order valence-corrected chi connectivity index (χ1v) is 14.7. The molecule has 1 atom stereocenters. The normalized spacial score (nSPS) is 12.3. The van der Waals surface area contributed by atoms with Gasteiger partial charge in [0.2, 0.25) is 0 Å². The summed E-state index contributed by atoms with van der Waals surface area (Å²) in [7, 11) is 1.55. The minimum absolute atomic E-state index is 0.0214. The molecule has 198 valence electrons. The van der Waals surface area contributed by atoms with Crippen molar-refractivity contribution in [3.8, 4) is 11.5 Å². The van der Waals surface area contributed by atoms with Crippen LogP contribution in [0.25, 0.3) is 10.9 Å². The van der Waals surface area contributed by atoms with Crippen LogP contribution in [0.15, 0.2) is 65.8 Å². The lowest BCUT2D eigenvalue weighted by Crippen LogP contribution is -2.23. The maximum Gasteiger partial charge on any atom is 0.282 e. The van der Waals surface area contributed by atoms with Crippen LogP contribution >= 0.6 is 71.0 Å². The van der Waals surface area contributed by atoms with Crippen LogP contribution in [0.3, 0.4) is 0 Å². The average Bonchev–Trinajstić information content (AvgIpc) is 2.90. The van der Waals surface area contributed by atoms with E-state index >= 15 is 0 Å². The zero-order valence-electron chi connectivity index (χ0n) is 20.6. The van der Waals surface area contributed by atoms with Crippen LogP contribution in [-0.4, -0.2) is 23.0 Å². The molecule has 0 radical (unpaired) electrons. The minimum Gasteiger partial charge on any atom is -0.493 e. The first kappa shape index (κ1) is 29.1. The summed E-state index contributed by atoms with van der Waals surface area (Å²) < 4.78 is 15.1. The molecule has 0 spiro atoms. The molecule has 1 heterocycles. The SMILES string of the molecule is CC[C@H](C)c1nc2ccc(Br)cc2c(=O)n1N=Cc1cc(OC)c(OCc2ccc(Cl)cc2Cl)c(Br)c1Br. The molecule has 3 aromatic carbocycles. The van der Waals surface area contributed by atoms with E-state index in [-0.39, 0.29) is 18.1 Å². The highest BCUT2D eigenvalue weighted by Crippen LogP contribution is 2.43. The molecule has 4 aromatic rings. The Balaban J connectivity index is 1.74. The summed E-state index contributed by atoms with van der Waals surface area (Å²) in [5.41, 5.74) is 1.83. The maximum absolute atomic E-state index is 13.4. The Labute approximate surface area is 255 Å². The van der Waals surface area contributed by atoms with Crippen molar-refractivity contribution in [1.29, 1.82) is 0 Å². The summed E-state index contributed by atoms with van der Waals surface area (Å²) in [6, 6.07) is 12.5. The van der Waals surface area contributed by atoms with Crippen molar-refractivity contribution in [3.63, 3.8) is 0 Å². The van der Waals surface area contributed by atoms with Crippen molar-refractivity contribution >= 4 is 88.1 Å².